The third-order valence-corrected chi connectivity index (χ3v) is 7.67. The average molecular weight is 415 g/mol. The first kappa shape index (κ1) is 20.2. The zero-order chi connectivity index (χ0) is 20.7. The van der Waals surface area contributed by atoms with E-state index in [4.69, 9.17) is 9.72 Å². The van der Waals surface area contributed by atoms with Crippen LogP contribution in [0.15, 0.2) is 4.79 Å². The van der Waals surface area contributed by atoms with Gasteiger partial charge in [0.25, 0.3) is 11.5 Å². The van der Waals surface area contributed by atoms with Gasteiger partial charge in [0.1, 0.15) is 11.9 Å². The van der Waals surface area contributed by atoms with E-state index in [1.807, 2.05) is 4.90 Å². The minimum Gasteiger partial charge on any atom is -0.368 e. The molecular formula is C23H34N4O3. The second-order valence-corrected chi connectivity index (χ2v) is 9.70. The number of hydrogen-bond donors (Lipinski definition) is 1. The molecule has 0 spiro atoms. The lowest BCUT2D eigenvalue weighted by atomic mass is 9.86. The van der Waals surface area contributed by atoms with Crippen LogP contribution in [0.25, 0.3) is 0 Å². The maximum Gasteiger partial charge on any atom is 0.255 e. The number of hydrogen-bond acceptors (Lipinski definition) is 5. The molecule has 164 valence electrons. The Morgan fingerprint density at radius 3 is 2.70 bits per heavy atom. The largest absolute Gasteiger partial charge is 0.368 e. The summed E-state index contributed by atoms with van der Waals surface area (Å²) >= 11 is 0. The van der Waals surface area contributed by atoms with E-state index >= 15 is 0 Å². The number of likely N-dealkylation sites (tertiary alicyclic amines) is 1. The quantitative estimate of drug-likeness (QED) is 0.822. The van der Waals surface area contributed by atoms with Crippen LogP contribution in [0.1, 0.15) is 81.4 Å². The Balaban J connectivity index is 1.33. The van der Waals surface area contributed by atoms with Gasteiger partial charge in [-0.2, -0.15) is 0 Å². The molecule has 0 radical (unpaired) electrons. The highest BCUT2D eigenvalue weighted by atomic mass is 16.5. The Labute approximate surface area is 178 Å². The van der Waals surface area contributed by atoms with Crippen molar-refractivity contribution in [3.8, 4) is 0 Å². The van der Waals surface area contributed by atoms with Crippen molar-refractivity contribution >= 4 is 5.91 Å². The molecule has 2 saturated heterocycles. The fraction of sp³-hybridized carbons (Fsp3) is 0.783. The molecule has 2 atom stereocenters. The van der Waals surface area contributed by atoms with Crippen molar-refractivity contribution in [3.05, 3.63) is 27.4 Å². The summed E-state index contributed by atoms with van der Waals surface area (Å²) in [7, 11) is 0. The third-order valence-electron chi connectivity index (χ3n) is 7.67. The van der Waals surface area contributed by atoms with Gasteiger partial charge in [0.05, 0.1) is 17.3 Å². The number of amides is 1. The molecular weight excluding hydrogens is 380 g/mol. The maximum atomic E-state index is 13.0. The molecule has 2 unspecified atom stereocenters. The van der Waals surface area contributed by atoms with E-state index in [1.54, 1.807) is 0 Å². The number of aromatic amines is 1. The molecule has 5 rings (SSSR count). The molecule has 1 aliphatic carbocycles. The monoisotopic (exact) mass is 414 g/mol. The number of carbonyl (C=O) groups excluding carboxylic acids is 1. The van der Waals surface area contributed by atoms with Gasteiger partial charge >= 0.3 is 0 Å². The molecule has 4 aliphatic rings. The summed E-state index contributed by atoms with van der Waals surface area (Å²) in [6.45, 7) is 5.41. The predicted octanol–water partition coefficient (Wildman–Crippen LogP) is 2.55. The summed E-state index contributed by atoms with van der Waals surface area (Å²) in [5, 5.41) is 0. The third kappa shape index (κ3) is 3.82. The van der Waals surface area contributed by atoms with Crippen molar-refractivity contribution in [2.75, 3.05) is 19.7 Å². The highest BCUT2D eigenvalue weighted by Crippen LogP contribution is 2.33. The summed E-state index contributed by atoms with van der Waals surface area (Å²) in [6.07, 6.45) is 9.10. The highest BCUT2D eigenvalue weighted by molar-refractivity contribution is 5.81. The van der Waals surface area contributed by atoms with Crippen molar-refractivity contribution in [2.45, 2.75) is 89.4 Å². The number of H-pyrrole nitrogens is 1. The fourth-order valence-electron chi connectivity index (χ4n) is 5.81. The van der Waals surface area contributed by atoms with Crippen molar-refractivity contribution in [1.82, 2.24) is 19.8 Å². The van der Waals surface area contributed by atoms with E-state index < -0.39 is 0 Å². The molecule has 4 heterocycles. The summed E-state index contributed by atoms with van der Waals surface area (Å²) < 4.78 is 5.61. The van der Waals surface area contributed by atoms with Crippen molar-refractivity contribution in [1.29, 1.82) is 0 Å². The van der Waals surface area contributed by atoms with Gasteiger partial charge in [0.15, 0.2) is 0 Å². The maximum absolute atomic E-state index is 13.0. The number of nitrogens with one attached hydrogen (secondary N) is 1. The predicted molar refractivity (Wildman–Crippen MR) is 113 cm³/mol. The number of nitrogens with zero attached hydrogens (tertiary/aromatic N) is 3. The lowest BCUT2D eigenvalue weighted by molar-refractivity contribution is -0.142. The van der Waals surface area contributed by atoms with Gasteiger partial charge in [0.2, 0.25) is 0 Å². The van der Waals surface area contributed by atoms with Gasteiger partial charge < -0.3 is 14.6 Å². The zero-order valence-electron chi connectivity index (χ0n) is 18.1. The molecule has 1 N–H and O–H groups in total. The minimum atomic E-state index is -0.318. The number of aromatic nitrogens is 2. The van der Waals surface area contributed by atoms with Crippen LogP contribution >= 0.6 is 0 Å². The SMILES string of the molecule is CC1CCC(N2CCc3nc(C4CCCN4C(=O)C4CCCO4)[nH]c(=O)c3C2)CC1. The first-order chi connectivity index (χ1) is 14.6. The Morgan fingerprint density at radius 2 is 1.93 bits per heavy atom. The van der Waals surface area contributed by atoms with Gasteiger partial charge in [-0.15, -0.1) is 0 Å². The lowest BCUT2D eigenvalue weighted by Gasteiger charge is -2.38. The van der Waals surface area contributed by atoms with E-state index in [0.29, 0.717) is 25.0 Å². The van der Waals surface area contributed by atoms with Crippen LogP contribution in [0.5, 0.6) is 0 Å². The standard InChI is InChI=1S/C23H34N4O3/c1-15-6-8-16(9-7-15)26-12-10-18-17(14-26)22(28)25-21(24-18)19-4-2-11-27(19)23(29)20-5-3-13-30-20/h15-16,19-20H,2-14H2,1H3,(H,24,25,28). The molecule has 1 aromatic heterocycles. The summed E-state index contributed by atoms with van der Waals surface area (Å²) in [6, 6.07) is 0.473. The van der Waals surface area contributed by atoms with Crippen LogP contribution in [0.2, 0.25) is 0 Å². The molecule has 3 aliphatic heterocycles. The number of rotatable bonds is 3. The van der Waals surface area contributed by atoms with E-state index in [2.05, 4.69) is 16.8 Å². The van der Waals surface area contributed by atoms with Crippen LogP contribution in [-0.4, -0.2) is 57.5 Å². The van der Waals surface area contributed by atoms with Gasteiger partial charge in [-0.3, -0.25) is 14.5 Å². The molecule has 1 saturated carbocycles. The van der Waals surface area contributed by atoms with E-state index in [1.165, 1.54) is 25.7 Å². The first-order valence-corrected chi connectivity index (χ1v) is 11.9. The number of ether oxygens (including phenoxy) is 1. The van der Waals surface area contributed by atoms with E-state index in [9.17, 15) is 9.59 Å². The fourth-order valence-corrected chi connectivity index (χ4v) is 5.81. The normalized spacial score (nSPS) is 32.4. The average Bonchev–Trinajstić information content (AvgIpc) is 3.46. The summed E-state index contributed by atoms with van der Waals surface area (Å²) in [5.74, 6) is 1.56. The number of carbonyl (C=O) groups is 1. The summed E-state index contributed by atoms with van der Waals surface area (Å²) in [5.41, 5.74) is 1.75. The van der Waals surface area contributed by atoms with E-state index in [-0.39, 0.29) is 23.6 Å². The van der Waals surface area contributed by atoms with Crippen LogP contribution in [0.3, 0.4) is 0 Å². The van der Waals surface area contributed by atoms with Crippen molar-refractivity contribution in [3.63, 3.8) is 0 Å². The molecule has 0 aromatic carbocycles. The van der Waals surface area contributed by atoms with Crippen molar-refractivity contribution < 1.29 is 9.53 Å². The first-order valence-electron chi connectivity index (χ1n) is 11.9. The highest BCUT2D eigenvalue weighted by Gasteiger charge is 2.38. The Bertz CT molecular complexity index is 839. The number of fused-ring (bicyclic) bond motifs is 1. The molecule has 1 amide bonds. The zero-order valence-corrected chi connectivity index (χ0v) is 18.1. The Hall–Kier alpha value is -1.73. The summed E-state index contributed by atoms with van der Waals surface area (Å²) in [4.78, 5) is 38.3. The molecule has 1 aromatic rings. The topological polar surface area (TPSA) is 78.5 Å². The van der Waals surface area contributed by atoms with Gasteiger partial charge in [0, 0.05) is 38.7 Å². The molecule has 3 fully saturated rings. The Kier molecular flexibility index (Phi) is 5.67. The van der Waals surface area contributed by atoms with Crippen LogP contribution < -0.4 is 5.56 Å². The smallest absolute Gasteiger partial charge is 0.255 e. The van der Waals surface area contributed by atoms with Crippen LogP contribution in [-0.2, 0) is 22.5 Å². The van der Waals surface area contributed by atoms with Crippen molar-refractivity contribution in [2.24, 2.45) is 5.92 Å². The van der Waals surface area contributed by atoms with Crippen LogP contribution in [0, 0.1) is 5.92 Å². The second kappa shape index (κ2) is 8.42. The lowest BCUT2D eigenvalue weighted by Crippen LogP contribution is -2.44. The molecule has 7 nitrogen and oxygen atoms in total. The van der Waals surface area contributed by atoms with Crippen LogP contribution in [0.4, 0.5) is 0 Å². The second-order valence-electron chi connectivity index (χ2n) is 9.70. The minimum absolute atomic E-state index is 0.0136. The molecule has 7 heteroatoms. The van der Waals surface area contributed by atoms with Gasteiger partial charge in [-0.1, -0.05) is 6.92 Å². The van der Waals surface area contributed by atoms with Gasteiger partial charge in [-0.25, -0.2) is 4.98 Å². The molecule has 0 bridgehead atoms. The van der Waals surface area contributed by atoms with Gasteiger partial charge in [-0.05, 0) is 57.3 Å². The van der Waals surface area contributed by atoms with E-state index in [0.717, 1.165) is 62.4 Å². The Morgan fingerprint density at radius 1 is 1.10 bits per heavy atom. The molecule has 30 heavy (non-hydrogen) atoms.